The van der Waals surface area contributed by atoms with Crippen LogP contribution in [0.4, 0.5) is 9.57 Å². The third kappa shape index (κ3) is 3.32. The second-order valence-corrected chi connectivity index (χ2v) is 3.75. The molecule has 1 aromatic rings. The van der Waals surface area contributed by atoms with E-state index in [0.717, 1.165) is 0 Å². The molecule has 0 aliphatic carbocycles. The highest BCUT2D eigenvalue weighted by molar-refractivity contribution is 7.94. The number of anilines is 1. The number of hydrogen-bond donors (Lipinski definition) is 3. The van der Waals surface area contributed by atoms with Crippen molar-refractivity contribution in [1.82, 2.24) is 0 Å². The number of carboxylic acid groups (broad SMARTS) is 1. The van der Waals surface area contributed by atoms with Crippen LogP contribution in [0.15, 0.2) is 29.2 Å². The molecule has 0 aliphatic rings. The Hall–Kier alpha value is -0.880. The van der Waals surface area contributed by atoms with Crippen LogP contribution in [-0.4, -0.2) is 22.9 Å². The fourth-order valence-electron chi connectivity index (χ4n) is 1.03. The monoisotopic (exact) mass is 247 g/mol. The third-order valence-electron chi connectivity index (χ3n) is 1.78. The van der Waals surface area contributed by atoms with Crippen molar-refractivity contribution in [1.29, 1.82) is 0 Å². The molecule has 1 aromatic carbocycles. The van der Waals surface area contributed by atoms with Crippen molar-refractivity contribution >= 4 is 36.4 Å². The highest BCUT2D eigenvalue weighted by Crippen LogP contribution is 2.27. The first-order chi connectivity index (χ1) is 7.19. The van der Waals surface area contributed by atoms with Gasteiger partial charge in [-0.05, 0) is 12.1 Å². The van der Waals surface area contributed by atoms with E-state index in [9.17, 15) is 8.68 Å². The molecule has 0 aromatic heterocycles. The van der Waals surface area contributed by atoms with E-state index in [1.54, 1.807) is 24.3 Å². The van der Waals surface area contributed by atoms with Crippen LogP contribution in [0.1, 0.15) is 0 Å². The Morgan fingerprint density at radius 1 is 1.60 bits per heavy atom. The second-order valence-electron chi connectivity index (χ2n) is 2.79. The minimum Gasteiger partial charge on any atom is -0.480 e. The topological polar surface area (TPSA) is 49.3 Å². The summed E-state index contributed by atoms with van der Waals surface area (Å²) >= 11 is 3.98. The van der Waals surface area contributed by atoms with Crippen molar-refractivity contribution in [3.8, 4) is 0 Å². The minimum atomic E-state index is -1.01. The lowest BCUT2D eigenvalue weighted by molar-refractivity contribution is -0.137. The molecule has 0 radical (unpaired) electrons. The van der Waals surface area contributed by atoms with Gasteiger partial charge in [-0.15, -0.1) is 0 Å². The SMILES string of the molecule is O=C(O)[C@H](CS)Nc1ccccc1SF. The molecule has 3 nitrogen and oxygen atoms in total. The zero-order chi connectivity index (χ0) is 11.3. The fraction of sp³-hybridized carbons (Fsp3) is 0.222. The lowest BCUT2D eigenvalue weighted by atomic mass is 10.2. The number of carboxylic acids is 1. The number of nitrogens with one attached hydrogen (secondary N) is 1. The molecular formula is C9H10FNO2S2. The zero-order valence-corrected chi connectivity index (χ0v) is 9.39. The first-order valence-electron chi connectivity index (χ1n) is 4.17. The van der Waals surface area contributed by atoms with Crippen LogP contribution in [0.3, 0.4) is 0 Å². The molecule has 6 heteroatoms. The molecule has 15 heavy (non-hydrogen) atoms. The number of aliphatic carboxylic acids is 1. The molecule has 0 aliphatic heterocycles. The molecule has 2 N–H and O–H groups in total. The highest BCUT2D eigenvalue weighted by Gasteiger charge is 2.16. The largest absolute Gasteiger partial charge is 0.480 e. The Morgan fingerprint density at radius 2 is 2.27 bits per heavy atom. The number of thiol groups is 1. The first kappa shape index (κ1) is 12.2. The lowest BCUT2D eigenvalue weighted by Gasteiger charge is -2.14. The van der Waals surface area contributed by atoms with Crippen LogP contribution < -0.4 is 5.32 Å². The molecule has 82 valence electrons. The Morgan fingerprint density at radius 3 is 2.80 bits per heavy atom. The van der Waals surface area contributed by atoms with Crippen molar-refractivity contribution in [2.24, 2.45) is 0 Å². The molecule has 0 heterocycles. The number of benzene rings is 1. The van der Waals surface area contributed by atoms with E-state index in [4.69, 9.17) is 5.11 Å². The van der Waals surface area contributed by atoms with Crippen molar-refractivity contribution in [2.45, 2.75) is 10.9 Å². The van der Waals surface area contributed by atoms with Gasteiger partial charge in [-0.3, -0.25) is 0 Å². The van der Waals surface area contributed by atoms with Crippen LogP contribution in [0, 0.1) is 0 Å². The van der Waals surface area contributed by atoms with Gasteiger partial charge >= 0.3 is 5.97 Å². The average molecular weight is 247 g/mol. The standard InChI is InChI=1S/C9H10FNO2S2/c10-15-8-4-2-1-3-6(8)11-7(5-14)9(12)13/h1-4,7,11,14H,5H2,(H,12,13)/t7-/m0/s1. The summed E-state index contributed by atoms with van der Waals surface area (Å²) in [5.41, 5.74) is 0.464. The minimum absolute atomic E-state index is 0.0792. The number of hydrogen-bond acceptors (Lipinski definition) is 4. The van der Waals surface area contributed by atoms with Crippen molar-refractivity contribution in [2.75, 3.05) is 11.1 Å². The third-order valence-corrected chi connectivity index (χ3v) is 2.67. The maximum atomic E-state index is 12.5. The van der Waals surface area contributed by atoms with E-state index >= 15 is 0 Å². The molecule has 0 saturated carbocycles. The molecule has 0 spiro atoms. The smallest absolute Gasteiger partial charge is 0.326 e. The molecule has 0 fully saturated rings. The molecular weight excluding hydrogens is 237 g/mol. The summed E-state index contributed by atoms with van der Waals surface area (Å²) in [5, 5.41) is 11.5. The Bertz CT molecular complexity index is 349. The van der Waals surface area contributed by atoms with Crippen molar-refractivity contribution < 1.29 is 13.8 Å². The fourth-order valence-corrected chi connectivity index (χ4v) is 1.61. The highest BCUT2D eigenvalue weighted by atomic mass is 32.2. The lowest BCUT2D eigenvalue weighted by Crippen LogP contribution is -2.31. The van der Waals surface area contributed by atoms with Crippen LogP contribution in [0.5, 0.6) is 0 Å². The molecule has 0 amide bonds. The van der Waals surface area contributed by atoms with Gasteiger partial charge in [0.05, 0.1) is 22.7 Å². The van der Waals surface area contributed by atoms with Gasteiger partial charge in [-0.1, -0.05) is 12.1 Å². The van der Waals surface area contributed by atoms with E-state index in [1.807, 2.05) is 0 Å². The molecule has 0 bridgehead atoms. The molecule has 0 unspecified atom stereocenters. The van der Waals surface area contributed by atoms with Gasteiger partial charge in [0.25, 0.3) is 0 Å². The summed E-state index contributed by atoms with van der Waals surface area (Å²) in [6.45, 7) is 0. The zero-order valence-electron chi connectivity index (χ0n) is 7.68. The Balaban J connectivity index is 2.82. The Kier molecular flexibility index (Phi) is 4.77. The number of halogens is 1. The van der Waals surface area contributed by atoms with Crippen molar-refractivity contribution in [3.05, 3.63) is 24.3 Å². The van der Waals surface area contributed by atoms with Crippen LogP contribution in [0.25, 0.3) is 0 Å². The van der Waals surface area contributed by atoms with Gasteiger partial charge in [-0.2, -0.15) is 16.5 Å². The van der Waals surface area contributed by atoms with Crippen LogP contribution in [0.2, 0.25) is 0 Å². The van der Waals surface area contributed by atoms with Gasteiger partial charge in [0.15, 0.2) is 0 Å². The molecule has 0 saturated heterocycles. The summed E-state index contributed by atoms with van der Waals surface area (Å²) in [4.78, 5) is 11.1. The van der Waals surface area contributed by atoms with E-state index < -0.39 is 12.0 Å². The van der Waals surface area contributed by atoms with E-state index in [1.165, 1.54) is 0 Å². The van der Waals surface area contributed by atoms with Gasteiger partial charge in [0.1, 0.15) is 6.04 Å². The summed E-state index contributed by atoms with van der Waals surface area (Å²) in [5.74, 6) is -0.871. The van der Waals surface area contributed by atoms with E-state index in [2.05, 4.69) is 17.9 Å². The van der Waals surface area contributed by atoms with Gasteiger partial charge in [0.2, 0.25) is 0 Å². The average Bonchev–Trinajstić information content (AvgIpc) is 2.25. The first-order valence-corrected chi connectivity index (χ1v) is 5.51. The number of rotatable bonds is 5. The van der Waals surface area contributed by atoms with Crippen molar-refractivity contribution in [3.63, 3.8) is 0 Å². The summed E-state index contributed by atoms with van der Waals surface area (Å²) in [6, 6.07) is 5.77. The van der Waals surface area contributed by atoms with Crippen LogP contribution in [-0.2, 0) is 4.79 Å². The van der Waals surface area contributed by atoms with E-state index in [-0.39, 0.29) is 17.9 Å². The van der Waals surface area contributed by atoms with Gasteiger partial charge in [-0.25, -0.2) is 4.79 Å². The normalized spacial score (nSPS) is 12.1. The maximum Gasteiger partial charge on any atom is 0.326 e. The molecule has 1 rings (SSSR count). The summed E-state index contributed by atoms with van der Waals surface area (Å²) < 4.78 is 12.5. The van der Waals surface area contributed by atoms with E-state index in [0.29, 0.717) is 10.6 Å². The predicted octanol–water partition coefficient (Wildman–Crippen LogP) is 2.46. The van der Waals surface area contributed by atoms with Gasteiger partial charge in [0, 0.05) is 5.75 Å². The molecule has 1 atom stereocenters. The summed E-state index contributed by atoms with van der Waals surface area (Å²) in [7, 11) is 0. The second kappa shape index (κ2) is 5.87. The van der Waals surface area contributed by atoms with Gasteiger partial charge < -0.3 is 10.4 Å². The number of carbonyl (C=O) groups is 1. The summed E-state index contributed by atoms with van der Waals surface area (Å²) in [6.07, 6.45) is 0. The quantitative estimate of drug-likeness (QED) is 0.700. The maximum absolute atomic E-state index is 12.5. The van der Waals surface area contributed by atoms with Crippen LogP contribution >= 0.6 is 24.8 Å². The predicted molar refractivity (Wildman–Crippen MR) is 62.3 cm³/mol. The number of para-hydroxylation sites is 1. The Labute approximate surface area is 96.8 Å².